The lowest BCUT2D eigenvalue weighted by Gasteiger charge is -2.26. The van der Waals surface area contributed by atoms with E-state index in [0.717, 1.165) is 24.1 Å². The van der Waals surface area contributed by atoms with Crippen molar-refractivity contribution in [3.05, 3.63) is 65.5 Å². The van der Waals surface area contributed by atoms with Gasteiger partial charge in [-0.25, -0.2) is 0 Å². The second-order valence-corrected chi connectivity index (χ2v) is 6.79. The van der Waals surface area contributed by atoms with Crippen LogP contribution in [0.15, 0.2) is 48.8 Å². The fourth-order valence-corrected chi connectivity index (χ4v) is 3.23. The largest absolute Gasteiger partial charge is 0.352 e. The van der Waals surface area contributed by atoms with E-state index in [1.807, 2.05) is 18.3 Å². The van der Waals surface area contributed by atoms with Crippen molar-refractivity contribution in [3.8, 4) is 0 Å². The molecule has 1 amide bonds. The first-order chi connectivity index (χ1) is 12.3. The molecule has 0 saturated carbocycles. The first-order valence-electron chi connectivity index (χ1n) is 9.25. The molecule has 2 aromatic rings. The van der Waals surface area contributed by atoms with Crippen molar-refractivity contribution in [3.63, 3.8) is 0 Å². The van der Waals surface area contributed by atoms with Gasteiger partial charge in [0.15, 0.2) is 0 Å². The zero-order valence-corrected chi connectivity index (χ0v) is 14.8. The molecule has 0 aliphatic carbocycles. The summed E-state index contributed by atoms with van der Waals surface area (Å²) in [5.74, 6) is 0.0845. The van der Waals surface area contributed by atoms with Gasteiger partial charge in [0.25, 0.3) is 0 Å². The predicted octanol–water partition coefficient (Wildman–Crippen LogP) is 3.32. The molecular weight excluding hydrogens is 310 g/mol. The smallest absolute Gasteiger partial charge is 0.220 e. The highest BCUT2D eigenvalue weighted by Gasteiger charge is 2.10. The molecule has 0 radical (unpaired) electrons. The predicted molar refractivity (Wildman–Crippen MR) is 100.0 cm³/mol. The number of pyridine rings is 1. The number of nitrogens with zero attached hydrogens (tertiary/aromatic N) is 2. The maximum atomic E-state index is 12.0. The molecule has 0 atom stereocenters. The van der Waals surface area contributed by atoms with Crippen molar-refractivity contribution in [2.75, 3.05) is 13.1 Å². The number of nitrogens with one attached hydrogen (secondary N) is 1. The van der Waals surface area contributed by atoms with Gasteiger partial charge in [-0.2, -0.15) is 0 Å². The summed E-state index contributed by atoms with van der Waals surface area (Å²) in [6.45, 7) is 4.07. The molecule has 0 bridgehead atoms. The van der Waals surface area contributed by atoms with Gasteiger partial charge in [0.1, 0.15) is 0 Å². The van der Waals surface area contributed by atoms with Gasteiger partial charge in [0.05, 0.1) is 0 Å². The molecule has 0 unspecified atom stereocenters. The summed E-state index contributed by atoms with van der Waals surface area (Å²) < 4.78 is 0. The number of hydrogen-bond donors (Lipinski definition) is 1. The SMILES string of the molecule is O=C(CCc1cccnc1)NCc1ccc(CN2CCCCC2)cc1. The molecule has 1 fully saturated rings. The molecule has 2 heterocycles. The first-order valence-corrected chi connectivity index (χ1v) is 9.25. The van der Waals surface area contributed by atoms with Crippen LogP contribution in [0.3, 0.4) is 0 Å². The Morgan fingerprint density at radius 3 is 2.48 bits per heavy atom. The topological polar surface area (TPSA) is 45.2 Å². The van der Waals surface area contributed by atoms with Gasteiger partial charge in [-0.1, -0.05) is 36.8 Å². The molecule has 0 spiro atoms. The number of carbonyl (C=O) groups is 1. The van der Waals surface area contributed by atoms with Gasteiger partial charge in [-0.15, -0.1) is 0 Å². The second kappa shape index (κ2) is 9.33. The molecule has 4 nitrogen and oxygen atoms in total. The molecule has 1 aliphatic heterocycles. The normalized spacial score (nSPS) is 15.0. The van der Waals surface area contributed by atoms with E-state index in [9.17, 15) is 4.79 Å². The number of aryl methyl sites for hydroxylation is 1. The van der Waals surface area contributed by atoms with Crippen molar-refractivity contribution >= 4 is 5.91 Å². The van der Waals surface area contributed by atoms with Crippen LogP contribution in [0.25, 0.3) is 0 Å². The van der Waals surface area contributed by atoms with Crippen molar-refractivity contribution in [1.29, 1.82) is 0 Å². The van der Waals surface area contributed by atoms with Crippen LogP contribution in [0.2, 0.25) is 0 Å². The Labute approximate surface area is 150 Å². The maximum Gasteiger partial charge on any atom is 0.220 e. The van der Waals surface area contributed by atoms with Gasteiger partial charge in [-0.05, 0) is 55.1 Å². The molecule has 25 heavy (non-hydrogen) atoms. The van der Waals surface area contributed by atoms with Crippen LogP contribution in [-0.2, 0) is 24.3 Å². The molecule has 1 aromatic carbocycles. The Bertz CT molecular complexity index is 649. The van der Waals surface area contributed by atoms with Crippen molar-refractivity contribution < 1.29 is 4.79 Å². The van der Waals surface area contributed by atoms with E-state index >= 15 is 0 Å². The molecule has 1 aliphatic rings. The Morgan fingerprint density at radius 2 is 1.76 bits per heavy atom. The molecule has 1 aromatic heterocycles. The number of hydrogen-bond acceptors (Lipinski definition) is 3. The van der Waals surface area contributed by atoms with Crippen molar-refractivity contribution in [2.24, 2.45) is 0 Å². The lowest BCUT2D eigenvalue weighted by atomic mass is 10.1. The summed E-state index contributed by atoms with van der Waals surface area (Å²) in [6, 6.07) is 12.5. The number of carbonyl (C=O) groups excluding carboxylic acids is 1. The summed E-state index contributed by atoms with van der Waals surface area (Å²) >= 11 is 0. The Morgan fingerprint density at radius 1 is 1.00 bits per heavy atom. The minimum Gasteiger partial charge on any atom is -0.352 e. The van der Waals surface area contributed by atoms with E-state index in [1.54, 1.807) is 6.20 Å². The van der Waals surface area contributed by atoms with E-state index in [2.05, 4.69) is 39.5 Å². The highest BCUT2D eigenvalue weighted by Crippen LogP contribution is 2.13. The zero-order chi connectivity index (χ0) is 17.3. The van der Waals surface area contributed by atoms with Gasteiger partial charge in [0.2, 0.25) is 5.91 Å². The van der Waals surface area contributed by atoms with Gasteiger partial charge in [0, 0.05) is 31.9 Å². The summed E-state index contributed by atoms with van der Waals surface area (Å²) in [7, 11) is 0. The number of amides is 1. The molecule has 132 valence electrons. The molecule has 3 rings (SSSR count). The Hall–Kier alpha value is -2.20. The van der Waals surface area contributed by atoms with E-state index < -0.39 is 0 Å². The third-order valence-corrected chi connectivity index (χ3v) is 4.73. The highest BCUT2D eigenvalue weighted by molar-refractivity contribution is 5.76. The Kier molecular flexibility index (Phi) is 6.57. The van der Waals surface area contributed by atoms with Crippen LogP contribution in [0.4, 0.5) is 0 Å². The standard InChI is InChI=1S/C21H27N3O/c25-21(11-10-18-5-4-12-22-15-18)23-16-19-6-8-20(9-7-19)17-24-13-2-1-3-14-24/h4-9,12,15H,1-3,10-11,13-14,16-17H2,(H,23,25). The minimum atomic E-state index is 0.0845. The average Bonchev–Trinajstić information content (AvgIpc) is 2.67. The van der Waals surface area contributed by atoms with Crippen LogP contribution in [0.5, 0.6) is 0 Å². The first kappa shape index (κ1) is 17.6. The zero-order valence-electron chi connectivity index (χ0n) is 14.8. The fourth-order valence-electron chi connectivity index (χ4n) is 3.23. The van der Waals surface area contributed by atoms with Gasteiger partial charge >= 0.3 is 0 Å². The summed E-state index contributed by atoms with van der Waals surface area (Å²) in [4.78, 5) is 18.6. The quantitative estimate of drug-likeness (QED) is 0.843. The van der Waals surface area contributed by atoms with Crippen LogP contribution in [-0.4, -0.2) is 28.9 Å². The third-order valence-electron chi connectivity index (χ3n) is 4.73. The van der Waals surface area contributed by atoms with Crippen molar-refractivity contribution in [1.82, 2.24) is 15.2 Å². The van der Waals surface area contributed by atoms with Crippen LogP contribution < -0.4 is 5.32 Å². The monoisotopic (exact) mass is 337 g/mol. The lowest BCUT2D eigenvalue weighted by molar-refractivity contribution is -0.121. The van der Waals surface area contributed by atoms with Crippen LogP contribution in [0, 0.1) is 0 Å². The van der Waals surface area contributed by atoms with Crippen LogP contribution >= 0.6 is 0 Å². The number of aromatic nitrogens is 1. The van der Waals surface area contributed by atoms with Crippen LogP contribution in [0.1, 0.15) is 42.4 Å². The molecule has 4 heteroatoms. The summed E-state index contributed by atoms with van der Waals surface area (Å²) in [5, 5.41) is 3.00. The van der Waals surface area contributed by atoms with E-state index in [4.69, 9.17) is 0 Å². The molecular formula is C21H27N3O. The van der Waals surface area contributed by atoms with E-state index in [1.165, 1.54) is 37.9 Å². The number of piperidine rings is 1. The van der Waals surface area contributed by atoms with E-state index in [0.29, 0.717) is 13.0 Å². The fraction of sp³-hybridized carbons (Fsp3) is 0.429. The van der Waals surface area contributed by atoms with Crippen molar-refractivity contribution in [2.45, 2.75) is 45.2 Å². The maximum absolute atomic E-state index is 12.0. The van der Waals surface area contributed by atoms with E-state index in [-0.39, 0.29) is 5.91 Å². The average molecular weight is 337 g/mol. The second-order valence-electron chi connectivity index (χ2n) is 6.79. The highest BCUT2D eigenvalue weighted by atomic mass is 16.1. The summed E-state index contributed by atoms with van der Waals surface area (Å²) in [6.07, 6.45) is 8.81. The van der Waals surface area contributed by atoms with Gasteiger partial charge < -0.3 is 5.32 Å². The number of rotatable bonds is 7. The minimum absolute atomic E-state index is 0.0845. The number of likely N-dealkylation sites (tertiary alicyclic amines) is 1. The Balaban J connectivity index is 1.39. The summed E-state index contributed by atoms with van der Waals surface area (Å²) in [5.41, 5.74) is 3.60. The van der Waals surface area contributed by atoms with Gasteiger partial charge in [-0.3, -0.25) is 14.7 Å². The molecule has 1 saturated heterocycles. The number of benzene rings is 1. The third kappa shape index (κ3) is 5.98. The lowest BCUT2D eigenvalue weighted by Crippen LogP contribution is -2.29. The molecule has 1 N–H and O–H groups in total.